The molecule has 0 radical (unpaired) electrons. The van der Waals surface area contributed by atoms with E-state index in [1.807, 2.05) is 43.3 Å². The Bertz CT molecular complexity index is 1260. The van der Waals surface area contributed by atoms with E-state index in [-0.39, 0.29) is 5.57 Å². The molecule has 0 saturated carbocycles. The summed E-state index contributed by atoms with van der Waals surface area (Å²) in [6.45, 7) is 6.24. The number of carbonyl (C=O) groups excluding carboxylic acids is 1. The lowest BCUT2D eigenvalue weighted by Crippen LogP contribution is -2.13. The van der Waals surface area contributed by atoms with Crippen molar-refractivity contribution < 1.29 is 14.3 Å². The van der Waals surface area contributed by atoms with Crippen molar-refractivity contribution in [1.82, 2.24) is 0 Å². The number of amides is 1. The molecule has 172 valence electrons. The van der Waals surface area contributed by atoms with Crippen LogP contribution in [-0.2, 0) is 17.8 Å². The highest BCUT2D eigenvalue weighted by molar-refractivity contribution is 6.31. The largest absolute Gasteiger partial charge is 0.493 e. The molecule has 0 aliphatic rings. The van der Waals surface area contributed by atoms with Gasteiger partial charge < -0.3 is 14.8 Å². The van der Waals surface area contributed by atoms with Crippen molar-refractivity contribution in [1.29, 1.82) is 5.26 Å². The lowest BCUT2D eigenvalue weighted by Gasteiger charge is -2.16. The number of nitriles is 1. The summed E-state index contributed by atoms with van der Waals surface area (Å²) in [5.74, 6) is 0.570. The third kappa shape index (κ3) is 6.50. The summed E-state index contributed by atoms with van der Waals surface area (Å²) >= 11 is 5.97. The molecule has 0 fully saturated rings. The number of carbonyl (C=O) groups is 1. The topological polar surface area (TPSA) is 71.4 Å². The number of nitrogens with zero attached hydrogens (tertiary/aromatic N) is 1. The molecule has 0 aromatic heterocycles. The fraction of sp³-hybridized carbons (Fsp3) is 0.143. The molecule has 3 rings (SSSR count). The van der Waals surface area contributed by atoms with Crippen molar-refractivity contribution >= 4 is 29.3 Å². The summed E-state index contributed by atoms with van der Waals surface area (Å²) in [5, 5.41) is 12.8. The van der Waals surface area contributed by atoms with E-state index in [2.05, 4.69) is 11.9 Å². The van der Waals surface area contributed by atoms with Crippen LogP contribution in [0, 0.1) is 18.3 Å². The number of aryl methyl sites for hydroxylation is 1. The number of ether oxygens (including phenoxy) is 2. The molecule has 1 amide bonds. The van der Waals surface area contributed by atoms with Gasteiger partial charge in [-0.05, 0) is 60.9 Å². The first-order valence-electron chi connectivity index (χ1n) is 10.6. The first-order chi connectivity index (χ1) is 16.4. The third-order valence-corrected chi connectivity index (χ3v) is 5.24. The smallest absolute Gasteiger partial charge is 0.266 e. The summed E-state index contributed by atoms with van der Waals surface area (Å²) in [7, 11) is 1.55. The minimum atomic E-state index is -0.534. The Morgan fingerprint density at radius 3 is 2.59 bits per heavy atom. The number of hydrogen-bond donors (Lipinski definition) is 1. The minimum Gasteiger partial charge on any atom is -0.493 e. The van der Waals surface area contributed by atoms with Gasteiger partial charge in [-0.15, -0.1) is 6.58 Å². The van der Waals surface area contributed by atoms with E-state index < -0.39 is 5.91 Å². The van der Waals surface area contributed by atoms with E-state index in [4.69, 9.17) is 21.1 Å². The lowest BCUT2D eigenvalue weighted by atomic mass is 10.0. The molecule has 1 N–H and O–H groups in total. The Labute approximate surface area is 204 Å². The van der Waals surface area contributed by atoms with Crippen molar-refractivity contribution in [2.24, 2.45) is 0 Å². The molecule has 5 nitrogen and oxygen atoms in total. The molecule has 0 saturated heterocycles. The van der Waals surface area contributed by atoms with E-state index in [9.17, 15) is 10.1 Å². The number of allylic oxidation sites excluding steroid dienone is 1. The zero-order valence-electron chi connectivity index (χ0n) is 19.1. The van der Waals surface area contributed by atoms with Crippen molar-refractivity contribution in [3.63, 3.8) is 0 Å². The maximum Gasteiger partial charge on any atom is 0.266 e. The van der Waals surface area contributed by atoms with E-state index in [1.165, 1.54) is 11.6 Å². The zero-order valence-corrected chi connectivity index (χ0v) is 19.9. The quantitative estimate of drug-likeness (QED) is 0.219. The third-order valence-electron chi connectivity index (χ3n) is 5.00. The predicted octanol–water partition coefficient (Wildman–Crippen LogP) is 6.51. The van der Waals surface area contributed by atoms with Crippen molar-refractivity contribution in [3.8, 4) is 17.6 Å². The lowest BCUT2D eigenvalue weighted by molar-refractivity contribution is -0.112. The van der Waals surface area contributed by atoms with Crippen molar-refractivity contribution in [2.75, 3.05) is 12.4 Å². The number of anilines is 1. The number of methoxy groups -OCH3 is 1. The monoisotopic (exact) mass is 472 g/mol. The molecule has 0 aliphatic carbocycles. The Morgan fingerprint density at radius 1 is 1.18 bits per heavy atom. The molecule has 3 aromatic rings. The van der Waals surface area contributed by atoms with Crippen LogP contribution in [0.25, 0.3) is 6.08 Å². The molecular formula is C28H25ClN2O3. The van der Waals surface area contributed by atoms with E-state index in [1.54, 1.807) is 43.5 Å². The average Bonchev–Trinajstić information content (AvgIpc) is 2.82. The highest BCUT2D eigenvalue weighted by Crippen LogP contribution is 2.35. The fourth-order valence-corrected chi connectivity index (χ4v) is 3.50. The summed E-state index contributed by atoms with van der Waals surface area (Å²) in [6, 6.07) is 20.4. The highest BCUT2D eigenvalue weighted by Gasteiger charge is 2.15. The molecule has 0 spiro atoms. The van der Waals surface area contributed by atoms with E-state index >= 15 is 0 Å². The summed E-state index contributed by atoms with van der Waals surface area (Å²) < 4.78 is 11.7. The summed E-state index contributed by atoms with van der Waals surface area (Å²) in [4.78, 5) is 12.7. The van der Waals surface area contributed by atoms with Crippen LogP contribution in [0.2, 0.25) is 5.02 Å². The standard InChI is InChI=1S/C28H25ClN2O3/c1-4-6-22-13-21(14-23(17-30)28(32)31-25-8-5-7-24(29)16-25)15-26(33-3)27(22)34-18-20-11-9-19(2)10-12-20/h4-5,7-16H,1,6,18H2,2-3H3,(H,31,32)/b23-14+. The number of nitrogens with one attached hydrogen (secondary N) is 1. The number of rotatable bonds is 9. The Morgan fingerprint density at radius 2 is 1.94 bits per heavy atom. The molecule has 34 heavy (non-hydrogen) atoms. The fourth-order valence-electron chi connectivity index (χ4n) is 3.31. The van der Waals surface area contributed by atoms with Crippen LogP contribution < -0.4 is 14.8 Å². The Kier molecular flexibility index (Phi) is 8.50. The van der Waals surface area contributed by atoms with Gasteiger partial charge in [-0.1, -0.05) is 53.6 Å². The van der Waals surface area contributed by atoms with Gasteiger partial charge in [-0.25, -0.2) is 0 Å². The van der Waals surface area contributed by atoms with Crippen LogP contribution in [0.3, 0.4) is 0 Å². The van der Waals surface area contributed by atoms with Gasteiger partial charge in [-0.2, -0.15) is 5.26 Å². The van der Waals surface area contributed by atoms with Crippen LogP contribution >= 0.6 is 11.6 Å². The van der Waals surface area contributed by atoms with Gasteiger partial charge in [0.15, 0.2) is 11.5 Å². The second-order valence-electron chi connectivity index (χ2n) is 7.61. The first kappa shape index (κ1) is 24.6. The molecule has 3 aromatic carbocycles. The van der Waals surface area contributed by atoms with Gasteiger partial charge >= 0.3 is 0 Å². The van der Waals surface area contributed by atoms with Crippen LogP contribution in [0.5, 0.6) is 11.5 Å². The first-order valence-corrected chi connectivity index (χ1v) is 11.0. The normalized spacial score (nSPS) is 10.8. The summed E-state index contributed by atoms with van der Waals surface area (Å²) in [5.41, 5.74) is 4.13. The molecule has 0 aliphatic heterocycles. The van der Waals surface area contributed by atoms with Crippen LogP contribution in [0.1, 0.15) is 22.3 Å². The van der Waals surface area contributed by atoms with Crippen molar-refractivity contribution in [3.05, 3.63) is 106 Å². The number of benzene rings is 3. The van der Waals surface area contributed by atoms with Gasteiger partial charge in [0.1, 0.15) is 18.2 Å². The maximum atomic E-state index is 12.7. The number of hydrogen-bond acceptors (Lipinski definition) is 4. The zero-order chi connectivity index (χ0) is 24.5. The molecule has 6 heteroatoms. The second-order valence-corrected chi connectivity index (χ2v) is 8.05. The predicted molar refractivity (Wildman–Crippen MR) is 136 cm³/mol. The summed E-state index contributed by atoms with van der Waals surface area (Å²) in [6.07, 6.45) is 3.80. The van der Waals surface area contributed by atoms with Crippen molar-refractivity contribution in [2.45, 2.75) is 20.0 Å². The molecular weight excluding hydrogens is 448 g/mol. The molecule has 0 atom stereocenters. The van der Waals surface area contributed by atoms with Gasteiger partial charge in [0.05, 0.1) is 7.11 Å². The minimum absolute atomic E-state index is 0.0556. The SMILES string of the molecule is C=CCc1cc(/C=C(\C#N)C(=O)Nc2cccc(Cl)c2)cc(OC)c1OCc1ccc(C)cc1. The van der Waals surface area contributed by atoms with Crippen LogP contribution in [-0.4, -0.2) is 13.0 Å². The van der Waals surface area contributed by atoms with Gasteiger partial charge in [-0.3, -0.25) is 4.79 Å². The Hall–Kier alpha value is -4.01. The molecule has 0 bridgehead atoms. The van der Waals surface area contributed by atoms with Gasteiger partial charge in [0.2, 0.25) is 0 Å². The van der Waals surface area contributed by atoms with E-state index in [0.29, 0.717) is 40.8 Å². The van der Waals surface area contributed by atoms with Gasteiger partial charge in [0, 0.05) is 16.3 Å². The maximum absolute atomic E-state index is 12.7. The Balaban J connectivity index is 1.89. The number of halogens is 1. The second kappa shape index (κ2) is 11.7. The van der Waals surface area contributed by atoms with Crippen LogP contribution in [0.4, 0.5) is 5.69 Å². The molecule has 0 heterocycles. The van der Waals surface area contributed by atoms with Gasteiger partial charge in [0.25, 0.3) is 5.91 Å². The molecule has 0 unspecified atom stereocenters. The highest BCUT2D eigenvalue weighted by atomic mass is 35.5. The van der Waals surface area contributed by atoms with Crippen LogP contribution in [0.15, 0.2) is 78.9 Å². The average molecular weight is 473 g/mol. The van der Waals surface area contributed by atoms with E-state index in [0.717, 1.165) is 11.1 Å².